The number of rotatable bonds is 11. The highest BCUT2D eigenvalue weighted by molar-refractivity contribution is 5.96. The van der Waals surface area contributed by atoms with Crippen LogP contribution in [0.2, 0.25) is 0 Å². The standard InChI is InChI=1S/C31H37N3O3/c1-31(2,3)23-16-18-24(19-17-23)37-22-10-21-34-27-13-7-6-12-26(27)33-29(34)15-9-20-32-30(35)25-11-5-8-14-28(25)36-4/h5-8,11-14,16-19H,9-10,15,20-22H2,1-4H3,(H,32,35). The summed E-state index contributed by atoms with van der Waals surface area (Å²) >= 11 is 0. The van der Waals surface area contributed by atoms with E-state index in [2.05, 4.69) is 61.0 Å². The van der Waals surface area contributed by atoms with Crippen molar-refractivity contribution in [2.24, 2.45) is 0 Å². The Morgan fingerprint density at radius 2 is 1.68 bits per heavy atom. The Hall–Kier alpha value is -3.80. The predicted molar refractivity (Wildman–Crippen MR) is 149 cm³/mol. The molecule has 0 saturated carbocycles. The van der Waals surface area contributed by atoms with E-state index in [0.29, 0.717) is 24.5 Å². The van der Waals surface area contributed by atoms with Crippen molar-refractivity contribution in [3.05, 3.63) is 89.7 Å². The van der Waals surface area contributed by atoms with Crippen LogP contribution in [0.25, 0.3) is 11.0 Å². The number of nitrogens with zero attached hydrogens (tertiary/aromatic N) is 2. The number of benzene rings is 3. The monoisotopic (exact) mass is 499 g/mol. The third-order valence-corrected chi connectivity index (χ3v) is 6.46. The summed E-state index contributed by atoms with van der Waals surface area (Å²) in [6, 6.07) is 23.9. The third kappa shape index (κ3) is 6.70. The van der Waals surface area contributed by atoms with Crippen LogP contribution in [0.1, 0.15) is 55.4 Å². The summed E-state index contributed by atoms with van der Waals surface area (Å²) in [5.74, 6) is 2.38. The maximum atomic E-state index is 12.6. The second-order valence-corrected chi connectivity index (χ2v) is 10.2. The molecule has 0 spiro atoms. The molecular formula is C31H37N3O3. The highest BCUT2D eigenvalue weighted by Gasteiger charge is 2.14. The highest BCUT2D eigenvalue weighted by Crippen LogP contribution is 2.24. The molecule has 6 nitrogen and oxygen atoms in total. The largest absolute Gasteiger partial charge is 0.496 e. The molecule has 0 saturated heterocycles. The first-order chi connectivity index (χ1) is 17.9. The van der Waals surface area contributed by atoms with E-state index >= 15 is 0 Å². The van der Waals surface area contributed by atoms with Gasteiger partial charge >= 0.3 is 0 Å². The number of amides is 1. The van der Waals surface area contributed by atoms with E-state index in [1.807, 2.05) is 30.3 Å². The molecule has 1 amide bonds. The van der Waals surface area contributed by atoms with Crippen LogP contribution in [0.5, 0.6) is 11.5 Å². The SMILES string of the molecule is COc1ccccc1C(=O)NCCCc1nc2ccccc2n1CCCOc1ccc(C(C)(C)C)cc1. The van der Waals surface area contributed by atoms with E-state index in [4.69, 9.17) is 14.5 Å². The Labute approximate surface area is 219 Å². The lowest BCUT2D eigenvalue weighted by Gasteiger charge is -2.19. The smallest absolute Gasteiger partial charge is 0.255 e. The Morgan fingerprint density at radius 3 is 2.43 bits per heavy atom. The fourth-order valence-corrected chi connectivity index (χ4v) is 4.41. The molecule has 0 radical (unpaired) electrons. The molecule has 1 N–H and O–H groups in total. The maximum absolute atomic E-state index is 12.6. The van der Waals surface area contributed by atoms with Gasteiger partial charge < -0.3 is 19.4 Å². The number of aryl methyl sites for hydroxylation is 2. The van der Waals surface area contributed by atoms with Crippen LogP contribution >= 0.6 is 0 Å². The summed E-state index contributed by atoms with van der Waals surface area (Å²) in [7, 11) is 1.57. The first-order valence-corrected chi connectivity index (χ1v) is 13.0. The topological polar surface area (TPSA) is 65.4 Å². The van der Waals surface area contributed by atoms with Crippen molar-refractivity contribution in [1.82, 2.24) is 14.9 Å². The summed E-state index contributed by atoms with van der Waals surface area (Å²) in [5.41, 5.74) is 4.10. The van der Waals surface area contributed by atoms with Crippen molar-refractivity contribution < 1.29 is 14.3 Å². The molecule has 4 rings (SSSR count). The van der Waals surface area contributed by atoms with Gasteiger partial charge in [0.2, 0.25) is 0 Å². The number of imidazole rings is 1. The molecule has 194 valence electrons. The quantitative estimate of drug-likeness (QED) is 0.251. The molecule has 0 aliphatic rings. The summed E-state index contributed by atoms with van der Waals surface area (Å²) in [6.45, 7) is 8.66. The number of para-hydroxylation sites is 3. The van der Waals surface area contributed by atoms with Crippen LogP contribution in [0.4, 0.5) is 0 Å². The molecule has 4 aromatic rings. The number of nitrogens with one attached hydrogen (secondary N) is 1. The van der Waals surface area contributed by atoms with Crippen LogP contribution in [0.15, 0.2) is 72.8 Å². The van der Waals surface area contributed by atoms with E-state index in [0.717, 1.165) is 48.4 Å². The molecule has 0 unspecified atom stereocenters. The highest BCUT2D eigenvalue weighted by atomic mass is 16.5. The molecule has 37 heavy (non-hydrogen) atoms. The lowest BCUT2D eigenvalue weighted by atomic mass is 9.87. The Morgan fingerprint density at radius 1 is 0.946 bits per heavy atom. The van der Waals surface area contributed by atoms with Crippen LogP contribution in [-0.4, -0.2) is 35.7 Å². The number of fused-ring (bicyclic) bond motifs is 1. The molecule has 3 aromatic carbocycles. The lowest BCUT2D eigenvalue weighted by Crippen LogP contribution is -2.25. The van der Waals surface area contributed by atoms with Gasteiger partial charge in [0.15, 0.2) is 0 Å². The minimum absolute atomic E-state index is 0.126. The third-order valence-electron chi connectivity index (χ3n) is 6.46. The minimum Gasteiger partial charge on any atom is -0.496 e. The molecule has 6 heteroatoms. The number of hydrogen-bond donors (Lipinski definition) is 1. The number of aromatic nitrogens is 2. The molecule has 0 bridgehead atoms. The normalized spacial score (nSPS) is 11.5. The number of methoxy groups -OCH3 is 1. The van der Waals surface area contributed by atoms with Gasteiger partial charge in [-0.3, -0.25) is 4.79 Å². The first-order valence-electron chi connectivity index (χ1n) is 13.0. The predicted octanol–water partition coefficient (Wildman–Crippen LogP) is 6.17. The van der Waals surface area contributed by atoms with Crippen molar-refractivity contribution >= 4 is 16.9 Å². The lowest BCUT2D eigenvalue weighted by molar-refractivity contribution is 0.0950. The molecular weight excluding hydrogens is 462 g/mol. The van der Waals surface area contributed by atoms with E-state index in [1.54, 1.807) is 19.2 Å². The van der Waals surface area contributed by atoms with Gasteiger partial charge in [0.1, 0.15) is 17.3 Å². The number of carbonyl (C=O) groups excluding carboxylic acids is 1. The molecule has 0 fully saturated rings. The van der Waals surface area contributed by atoms with Crippen molar-refractivity contribution in [3.8, 4) is 11.5 Å². The van der Waals surface area contributed by atoms with Crippen LogP contribution in [0.3, 0.4) is 0 Å². The first kappa shape index (κ1) is 26.3. The summed E-state index contributed by atoms with van der Waals surface area (Å²) < 4.78 is 13.6. The van der Waals surface area contributed by atoms with Gasteiger partial charge in [-0.15, -0.1) is 0 Å². The molecule has 1 heterocycles. The minimum atomic E-state index is -0.126. The fraction of sp³-hybridized carbons (Fsp3) is 0.355. The van der Waals surface area contributed by atoms with Gasteiger partial charge in [-0.25, -0.2) is 4.98 Å². The zero-order valence-electron chi connectivity index (χ0n) is 22.3. The van der Waals surface area contributed by atoms with Gasteiger partial charge in [-0.2, -0.15) is 0 Å². The molecule has 0 aliphatic carbocycles. The van der Waals surface area contributed by atoms with Gasteiger partial charge in [0.25, 0.3) is 5.91 Å². The fourth-order valence-electron chi connectivity index (χ4n) is 4.41. The number of carbonyl (C=O) groups is 1. The maximum Gasteiger partial charge on any atom is 0.255 e. The molecule has 0 aliphatic heterocycles. The van der Waals surface area contributed by atoms with Gasteiger partial charge in [-0.1, -0.05) is 57.2 Å². The van der Waals surface area contributed by atoms with Crippen molar-refractivity contribution in [3.63, 3.8) is 0 Å². The number of ether oxygens (including phenoxy) is 2. The van der Waals surface area contributed by atoms with Crippen molar-refractivity contribution in [2.45, 2.75) is 52.0 Å². The Kier molecular flexibility index (Phi) is 8.49. The van der Waals surface area contributed by atoms with Crippen LogP contribution < -0.4 is 14.8 Å². The summed E-state index contributed by atoms with van der Waals surface area (Å²) in [4.78, 5) is 17.5. The van der Waals surface area contributed by atoms with Crippen molar-refractivity contribution in [2.75, 3.05) is 20.3 Å². The van der Waals surface area contributed by atoms with E-state index in [9.17, 15) is 4.79 Å². The van der Waals surface area contributed by atoms with Crippen LogP contribution in [-0.2, 0) is 18.4 Å². The van der Waals surface area contributed by atoms with Crippen molar-refractivity contribution in [1.29, 1.82) is 0 Å². The zero-order valence-corrected chi connectivity index (χ0v) is 22.3. The second-order valence-electron chi connectivity index (χ2n) is 10.2. The van der Waals surface area contributed by atoms with Crippen LogP contribution in [0, 0.1) is 0 Å². The Balaban J connectivity index is 1.32. The van der Waals surface area contributed by atoms with E-state index in [1.165, 1.54) is 5.56 Å². The molecule has 0 atom stereocenters. The average Bonchev–Trinajstić information content (AvgIpc) is 3.26. The van der Waals surface area contributed by atoms with E-state index in [-0.39, 0.29) is 11.3 Å². The average molecular weight is 500 g/mol. The van der Waals surface area contributed by atoms with Gasteiger partial charge in [-0.05, 0) is 60.2 Å². The Bertz CT molecular complexity index is 1320. The summed E-state index contributed by atoms with van der Waals surface area (Å²) in [5, 5.41) is 3.00. The van der Waals surface area contributed by atoms with E-state index < -0.39 is 0 Å². The molecule has 1 aromatic heterocycles. The van der Waals surface area contributed by atoms with Gasteiger partial charge in [0.05, 0.1) is 30.3 Å². The zero-order chi connectivity index (χ0) is 26.3. The summed E-state index contributed by atoms with van der Waals surface area (Å²) in [6.07, 6.45) is 2.44. The van der Waals surface area contributed by atoms with Gasteiger partial charge in [0, 0.05) is 19.5 Å². The second kappa shape index (κ2) is 12.0. The number of hydrogen-bond acceptors (Lipinski definition) is 4.